The molecule has 0 radical (unpaired) electrons. The molecule has 0 aliphatic heterocycles. The van der Waals surface area contributed by atoms with Crippen LogP contribution in [0.3, 0.4) is 0 Å². The molecule has 3 nitrogen and oxygen atoms in total. The molecule has 1 amide bonds. The fraction of sp³-hybridized carbons (Fsp3) is 0.867. The van der Waals surface area contributed by atoms with E-state index in [1.165, 1.54) is 12.8 Å². The molecule has 0 aromatic carbocycles. The molecule has 0 saturated heterocycles. The van der Waals surface area contributed by atoms with Crippen molar-refractivity contribution in [1.82, 2.24) is 5.32 Å². The van der Waals surface area contributed by atoms with Gasteiger partial charge in [0, 0.05) is 11.3 Å². The van der Waals surface area contributed by atoms with Crippen LogP contribution in [0.15, 0.2) is 0 Å². The molecule has 0 spiro atoms. The molecule has 2 aliphatic rings. The Morgan fingerprint density at radius 3 is 2.74 bits per heavy atom. The van der Waals surface area contributed by atoms with E-state index in [-0.39, 0.29) is 11.9 Å². The van der Waals surface area contributed by atoms with E-state index < -0.39 is 5.41 Å². The predicted molar refractivity (Wildman–Crippen MR) is 78.8 cm³/mol. The second-order valence-electron chi connectivity index (χ2n) is 5.82. The van der Waals surface area contributed by atoms with E-state index in [9.17, 15) is 10.1 Å². The quantitative estimate of drug-likeness (QED) is 0.860. The molecule has 2 rings (SSSR count). The Morgan fingerprint density at radius 1 is 1.37 bits per heavy atom. The predicted octanol–water partition coefficient (Wildman–Crippen LogP) is 3.25. The summed E-state index contributed by atoms with van der Waals surface area (Å²) in [6.45, 7) is 2.19. The van der Waals surface area contributed by atoms with E-state index in [4.69, 9.17) is 0 Å². The van der Waals surface area contributed by atoms with Gasteiger partial charge < -0.3 is 5.32 Å². The number of nitrogens with zero attached hydrogens (tertiary/aromatic N) is 1. The van der Waals surface area contributed by atoms with Gasteiger partial charge >= 0.3 is 0 Å². The molecule has 2 saturated carbocycles. The maximum Gasteiger partial charge on any atom is 0.240 e. The van der Waals surface area contributed by atoms with Crippen LogP contribution in [0.25, 0.3) is 0 Å². The van der Waals surface area contributed by atoms with Crippen molar-refractivity contribution in [3.8, 4) is 6.07 Å². The molecule has 0 aromatic rings. The van der Waals surface area contributed by atoms with E-state index in [0.29, 0.717) is 5.25 Å². The standard InChI is InChI=1S/C15H24N2OS/c1-2-19-13-7-5-6-12(10-13)17-14(18)15(11-16)8-3-4-9-15/h12-13H,2-10H2,1H3,(H,17,18)/t12-,13-/m1/s1. The van der Waals surface area contributed by atoms with Gasteiger partial charge in [0.25, 0.3) is 0 Å². The third kappa shape index (κ3) is 3.45. The first-order chi connectivity index (χ1) is 9.20. The number of carbonyl (C=O) groups excluding carboxylic acids is 1. The van der Waals surface area contributed by atoms with Gasteiger partial charge in [0.15, 0.2) is 0 Å². The number of hydrogen-bond acceptors (Lipinski definition) is 3. The molecule has 0 bridgehead atoms. The number of nitriles is 1. The molecule has 0 aromatic heterocycles. The smallest absolute Gasteiger partial charge is 0.240 e. The Hall–Kier alpha value is -0.690. The summed E-state index contributed by atoms with van der Waals surface area (Å²) in [6, 6.07) is 2.57. The fourth-order valence-corrected chi connectivity index (χ4v) is 4.53. The highest BCUT2D eigenvalue weighted by Crippen LogP contribution is 2.38. The number of hydrogen-bond donors (Lipinski definition) is 1. The number of carbonyl (C=O) groups is 1. The molecular weight excluding hydrogens is 256 g/mol. The van der Waals surface area contributed by atoms with E-state index in [2.05, 4.69) is 18.3 Å². The van der Waals surface area contributed by atoms with Gasteiger partial charge in [-0.25, -0.2) is 0 Å². The third-order valence-electron chi connectivity index (χ3n) is 4.47. The molecule has 1 N–H and O–H groups in total. The normalized spacial score (nSPS) is 29.7. The largest absolute Gasteiger partial charge is 0.352 e. The molecule has 2 fully saturated rings. The summed E-state index contributed by atoms with van der Waals surface area (Å²) in [4.78, 5) is 12.4. The average molecular weight is 280 g/mol. The Kier molecular flexibility index (Phi) is 5.15. The van der Waals surface area contributed by atoms with Crippen LogP contribution in [-0.4, -0.2) is 23.0 Å². The summed E-state index contributed by atoms with van der Waals surface area (Å²) >= 11 is 2.00. The van der Waals surface area contributed by atoms with Crippen molar-refractivity contribution in [3.63, 3.8) is 0 Å². The molecule has 2 atom stereocenters. The molecule has 0 unspecified atom stereocenters. The first kappa shape index (κ1) is 14.7. The summed E-state index contributed by atoms with van der Waals surface area (Å²) in [7, 11) is 0. The van der Waals surface area contributed by atoms with Gasteiger partial charge in [-0.3, -0.25) is 4.79 Å². The van der Waals surface area contributed by atoms with Gasteiger partial charge in [0.05, 0.1) is 6.07 Å². The van der Waals surface area contributed by atoms with Crippen molar-refractivity contribution < 1.29 is 4.79 Å². The van der Waals surface area contributed by atoms with E-state index >= 15 is 0 Å². The Balaban J connectivity index is 1.90. The minimum atomic E-state index is -0.717. The highest BCUT2D eigenvalue weighted by molar-refractivity contribution is 7.99. The molecule has 106 valence electrons. The lowest BCUT2D eigenvalue weighted by Crippen LogP contribution is -2.46. The first-order valence-corrected chi connectivity index (χ1v) is 8.59. The summed E-state index contributed by atoms with van der Waals surface area (Å²) in [5, 5.41) is 13.2. The number of rotatable bonds is 4. The van der Waals surface area contributed by atoms with Crippen molar-refractivity contribution in [2.24, 2.45) is 5.41 Å². The lowest BCUT2D eigenvalue weighted by Gasteiger charge is -2.31. The SMILES string of the molecule is CCS[C@@H]1CCC[C@@H](NC(=O)C2(C#N)CCCC2)C1. The molecule has 4 heteroatoms. The van der Waals surface area contributed by atoms with Crippen LogP contribution in [0.1, 0.15) is 58.3 Å². The van der Waals surface area contributed by atoms with E-state index in [0.717, 1.165) is 44.3 Å². The van der Waals surface area contributed by atoms with Crippen LogP contribution in [-0.2, 0) is 4.79 Å². The van der Waals surface area contributed by atoms with Crippen LogP contribution in [0.2, 0.25) is 0 Å². The molecule has 2 aliphatic carbocycles. The number of nitrogens with one attached hydrogen (secondary N) is 1. The van der Waals surface area contributed by atoms with Gasteiger partial charge in [0.2, 0.25) is 5.91 Å². The van der Waals surface area contributed by atoms with Crippen LogP contribution < -0.4 is 5.32 Å². The minimum absolute atomic E-state index is 0.000325. The Labute approximate surface area is 120 Å². The zero-order valence-electron chi connectivity index (χ0n) is 11.8. The van der Waals surface area contributed by atoms with Crippen molar-refractivity contribution in [2.75, 3.05) is 5.75 Å². The van der Waals surface area contributed by atoms with Crippen molar-refractivity contribution >= 4 is 17.7 Å². The van der Waals surface area contributed by atoms with Crippen LogP contribution in [0, 0.1) is 16.7 Å². The molecular formula is C15H24N2OS. The van der Waals surface area contributed by atoms with Gasteiger partial charge in [-0.2, -0.15) is 17.0 Å². The van der Waals surface area contributed by atoms with Gasteiger partial charge in [-0.15, -0.1) is 0 Å². The highest BCUT2D eigenvalue weighted by Gasteiger charge is 2.42. The number of thioether (sulfide) groups is 1. The first-order valence-electron chi connectivity index (χ1n) is 7.54. The summed E-state index contributed by atoms with van der Waals surface area (Å²) in [5.74, 6) is 1.15. The van der Waals surface area contributed by atoms with Gasteiger partial charge in [-0.05, 0) is 37.9 Å². The summed E-state index contributed by atoms with van der Waals surface area (Å²) in [5.41, 5.74) is -0.717. The highest BCUT2D eigenvalue weighted by atomic mass is 32.2. The second-order valence-corrected chi connectivity index (χ2v) is 7.39. The van der Waals surface area contributed by atoms with Crippen LogP contribution in [0.5, 0.6) is 0 Å². The average Bonchev–Trinajstić information content (AvgIpc) is 2.89. The van der Waals surface area contributed by atoms with Crippen molar-refractivity contribution in [2.45, 2.75) is 69.6 Å². The van der Waals surface area contributed by atoms with Crippen molar-refractivity contribution in [1.29, 1.82) is 5.26 Å². The van der Waals surface area contributed by atoms with Gasteiger partial charge in [0.1, 0.15) is 5.41 Å². The Bertz CT molecular complexity index is 356. The van der Waals surface area contributed by atoms with Crippen LogP contribution >= 0.6 is 11.8 Å². The Morgan fingerprint density at radius 2 is 2.11 bits per heavy atom. The topological polar surface area (TPSA) is 52.9 Å². The molecule has 19 heavy (non-hydrogen) atoms. The fourth-order valence-electron chi connectivity index (χ4n) is 3.35. The second kappa shape index (κ2) is 6.65. The lowest BCUT2D eigenvalue weighted by atomic mass is 9.85. The van der Waals surface area contributed by atoms with Gasteiger partial charge in [-0.1, -0.05) is 26.2 Å². The maximum absolute atomic E-state index is 12.4. The monoisotopic (exact) mass is 280 g/mol. The third-order valence-corrected chi connectivity index (χ3v) is 5.70. The van der Waals surface area contributed by atoms with Crippen LogP contribution in [0.4, 0.5) is 0 Å². The minimum Gasteiger partial charge on any atom is -0.352 e. The van der Waals surface area contributed by atoms with E-state index in [1.807, 2.05) is 11.8 Å². The number of amides is 1. The van der Waals surface area contributed by atoms with E-state index in [1.54, 1.807) is 0 Å². The summed E-state index contributed by atoms with van der Waals surface area (Å²) in [6.07, 6.45) is 8.14. The zero-order chi connectivity index (χ0) is 13.7. The van der Waals surface area contributed by atoms with Crippen molar-refractivity contribution in [3.05, 3.63) is 0 Å². The summed E-state index contributed by atoms with van der Waals surface area (Å²) < 4.78 is 0. The lowest BCUT2D eigenvalue weighted by molar-refractivity contribution is -0.128. The zero-order valence-corrected chi connectivity index (χ0v) is 12.6. The maximum atomic E-state index is 12.4. The molecule has 0 heterocycles.